The first-order chi connectivity index (χ1) is 20.1. The number of anilines is 2. The molecule has 0 radical (unpaired) electrons. The van der Waals surface area contributed by atoms with Crippen LogP contribution in [0.4, 0.5) is 11.4 Å². The zero-order valence-corrected chi connectivity index (χ0v) is 22.5. The summed E-state index contributed by atoms with van der Waals surface area (Å²) >= 11 is 0. The van der Waals surface area contributed by atoms with Crippen LogP contribution >= 0.6 is 0 Å². The van der Waals surface area contributed by atoms with Gasteiger partial charge in [-0.3, -0.25) is 0 Å². The molecule has 3 heteroatoms. The van der Waals surface area contributed by atoms with Crippen LogP contribution in [0.25, 0.3) is 22.3 Å². The van der Waals surface area contributed by atoms with E-state index in [4.69, 9.17) is 0 Å². The number of rotatable bonds is 5. The second-order valence-corrected chi connectivity index (χ2v) is 10.5. The summed E-state index contributed by atoms with van der Waals surface area (Å²) in [7, 11) is 0. The highest BCUT2D eigenvalue weighted by Crippen LogP contribution is 2.53. The van der Waals surface area contributed by atoms with Crippen LogP contribution in [0.1, 0.15) is 16.7 Å². The number of hydrogen-bond donors (Lipinski definition) is 2. The van der Waals surface area contributed by atoms with Crippen LogP contribution in [-0.4, -0.2) is 16.8 Å². The Bertz CT molecular complexity index is 1740. The summed E-state index contributed by atoms with van der Waals surface area (Å²) in [5.74, 6) is 0.494. The maximum atomic E-state index is 11.0. The second-order valence-electron chi connectivity index (χ2n) is 10.5. The number of fused-ring (bicyclic) bond motifs is 1. The molecule has 0 saturated carbocycles. The molecule has 6 aromatic rings. The van der Waals surface area contributed by atoms with Gasteiger partial charge in [0.2, 0.25) is 0 Å². The van der Waals surface area contributed by atoms with Gasteiger partial charge in [-0.15, -0.1) is 0 Å². The van der Waals surface area contributed by atoms with E-state index >= 15 is 0 Å². The van der Waals surface area contributed by atoms with Crippen molar-refractivity contribution < 1.29 is 10.2 Å². The van der Waals surface area contributed by atoms with E-state index in [2.05, 4.69) is 65.6 Å². The Kier molecular flexibility index (Phi) is 6.06. The highest BCUT2D eigenvalue weighted by molar-refractivity contribution is 5.81. The maximum absolute atomic E-state index is 11.0. The Morgan fingerprint density at radius 2 is 0.951 bits per heavy atom. The Morgan fingerprint density at radius 1 is 0.488 bits per heavy atom. The lowest BCUT2D eigenvalue weighted by molar-refractivity contribution is 0.476. The quantitative estimate of drug-likeness (QED) is 0.233. The van der Waals surface area contributed by atoms with Crippen molar-refractivity contribution in [2.75, 3.05) is 11.4 Å². The molecule has 0 aromatic heterocycles. The zero-order valence-electron chi connectivity index (χ0n) is 22.5. The van der Waals surface area contributed by atoms with Gasteiger partial charge in [-0.25, -0.2) is 0 Å². The minimum Gasteiger partial charge on any atom is -0.507 e. The first kappa shape index (κ1) is 24.7. The number of para-hydroxylation sites is 2. The van der Waals surface area contributed by atoms with E-state index in [0.29, 0.717) is 6.54 Å². The van der Waals surface area contributed by atoms with E-state index in [0.717, 1.165) is 44.8 Å². The first-order valence-electron chi connectivity index (χ1n) is 13.8. The van der Waals surface area contributed by atoms with Crippen LogP contribution in [-0.2, 0) is 5.41 Å². The molecule has 0 spiro atoms. The minimum atomic E-state index is -0.582. The third kappa shape index (κ3) is 4.14. The molecule has 2 N–H and O–H groups in total. The van der Waals surface area contributed by atoms with Gasteiger partial charge >= 0.3 is 0 Å². The van der Waals surface area contributed by atoms with E-state index in [1.807, 2.05) is 91.0 Å². The van der Waals surface area contributed by atoms with Gasteiger partial charge < -0.3 is 15.1 Å². The largest absolute Gasteiger partial charge is 0.507 e. The van der Waals surface area contributed by atoms with E-state index < -0.39 is 5.41 Å². The number of benzene rings is 6. The summed E-state index contributed by atoms with van der Waals surface area (Å²) < 4.78 is 0. The van der Waals surface area contributed by atoms with Crippen molar-refractivity contribution in [1.29, 1.82) is 0 Å². The van der Waals surface area contributed by atoms with Gasteiger partial charge in [-0.05, 0) is 70.3 Å². The molecule has 0 saturated heterocycles. The lowest BCUT2D eigenvalue weighted by atomic mass is 9.69. The Hall–Kier alpha value is -5.28. The summed E-state index contributed by atoms with van der Waals surface area (Å²) in [5.41, 5.74) is 8.51. The fraction of sp³-hybridized carbons (Fsp3) is 0.0526. The highest BCUT2D eigenvalue weighted by Gasteiger charge is 2.46. The number of aromatic hydroxyl groups is 2. The number of phenols is 2. The van der Waals surface area contributed by atoms with Crippen molar-refractivity contribution in [3.05, 3.63) is 168 Å². The Labute approximate surface area is 240 Å². The average molecular weight is 532 g/mol. The molecular formula is C38H29NO2. The molecule has 7 rings (SSSR count). The van der Waals surface area contributed by atoms with E-state index in [1.54, 1.807) is 0 Å². The van der Waals surface area contributed by atoms with Crippen molar-refractivity contribution in [2.45, 2.75) is 5.41 Å². The van der Waals surface area contributed by atoms with Gasteiger partial charge in [0.1, 0.15) is 11.5 Å². The van der Waals surface area contributed by atoms with E-state index in [9.17, 15) is 10.2 Å². The number of phenolic OH excluding ortho intramolecular Hbond substituents is 2. The molecule has 3 nitrogen and oxygen atoms in total. The van der Waals surface area contributed by atoms with Gasteiger partial charge in [0.15, 0.2) is 0 Å². The summed E-state index contributed by atoms with van der Waals surface area (Å²) in [6, 6.07) is 51.1. The van der Waals surface area contributed by atoms with Gasteiger partial charge in [-0.1, -0.05) is 109 Å². The van der Waals surface area contributed by atoms with Gasteiger partial charge in [0.25, 0.3) is 0 Å². The molecule has 0 unspecified atom stereocenters. The molecule has 0 amide bonds. The third-order valence-corrected chi connectivity index (χ3v) is 8.27. The predicted molar refractivity (Wildman–Crippen MR) is 167 cm³/mol. The lowest BCUT2D eigenvalue weighted by Crippen LogP contribution is -2.34. The summed E-state index contributed by atoms with van der Waals surface area (Å²) in [4.78, 5) is 2.37. The average Bonchev–Trinajstić information content (AvgIpc) is 3.39. The summed E-state index contributed by atoms with van der Waals surface area (Å²) in [6.45, 7) is 0.661. The van der Waals surface area contributed by atoms with Gasteiger partial charge in [0, 0.05) is 29.0 Å². The van der Waals surface area contributed by atoms with E-state index in [-0.39, 0.29) is 11.5 Å². The van der Waals surface area contributed by atoms with Crippen molar-refractivity contribution >= 4 is 11.4 Å². The molecule has 198 valence electrons. The van der Waals surface area contributed by atoms with Crippen molar-refractivity contribution in [3.8, 4) is 33.8 Å². The van der Waals surface area contributed by atoms with Gasteiger partial charge in [-0.2, -0.15) is 0 Å². The highest BCUT2D eigenvalue weighted by atomic mass is 16.3. The zero-order chi connectivity index (χ0) is 27.8. The molecule has 0 bridgehead atoms. The second kappa shape index (κ2) is 10.0. The predicted octanol–water partition coefficient (Wildman–Crippen LogP) is 8.92. The van der Waals surface area contributed by atoms with E-state index in [1.165, 1.54) is 5.56 Å². The molecule has 1 aliphatic rings. The molecule has 1 aliphatic heterocycles. The number of nitrogens with zero attached hydrogens (tertiary/aromatic N) is 1. The number of hydrogen-bond acceptors (Lipinski definition) is 3. The Balaban J connectivity index is 1.52. The monoisotopic (exact) mass is 531 g/mol. The van der Waals surface area contributed by atoms with Crippen LogP contribution in [0.5, 0.6) is 11.5 Å². The minimum absolute atomic E-state index is 0.247. The SMILES string of the molecule is Oc1ccc(C2(c3ccc(O)c(-c4ccccc4)c3)CN(c3ccccc3)c3ccccc32)cc1-c1ccccc1. The van der Waals surface area contributed by atoms with Crippen LogP contribution in [0.15, 0.2) is 152 Å². The van der Waals surface area contributed by atoms with Crippen LogP contribution in [0.2, 0.25) is 0 Å². The first-order valence-corrected chi connectivity index (χ1v) is 13.8. The molecule has 41 heavy (non-hydrogen) atoms. The van der Waals surface area contributed by atoms with Crippen molar-refractivity contribution in [1.82, 2.24) is 0 Å². The fourth-order valence-electron chi connectivity index (χ4n) is 6.28. The molecule has 0 fully saturated rings. The summed E-state index contributed by atoms with van der Waals surface area (Å²) in [5, 5.41) is 22.0. The third-order valence-electron chi connectivity index (χ3n) is 8.27. The summed E-state index contributed by atoms with van der Waals surface area (Å²) in [6.07, 6.45) is 0. The maximum Gasteiger partial charge on any atom is 0.123 e. The molecule has 0 atom stereocenters. The topological polar surface area (TPSA) is 43.7 Å². The van der Waals surface area contributed by atoms with Crippen LogP contribution in [0.3, 0.4) is 0 Å². The standard InChI is InChI=1S/C38H29NO2/c40-36-22-20-29(24-32(36)27-12-4-1-5-13-27)38(30-21-23-37(41)33(25-30)28-14-6-2-7-15-28)26-39(31-16-8-3-9-17-31)35-19-11-10-18-34(35)38/h1-25,40-41H,26H2. The molecule has 6 aromatic carbocycles. The van der Waals surface area contributed by atoms with Gasteiger partial charge in [0.05, 0.1) is 5.41 Å². The molecule has 1 heterocycles. The molecule has 0 aliphatic carbocycles. The Morgan fingerprint density at radius 3 is 1.49 bits per heavy atom. The smallest absolute Gasteiger partial charge is 0.123 e. The van der Waals surface area contributed by atoms with Crippen LogP contribution < -0.4 is 4.90 Å². The van der Waals surface area contributed by atoms with Crippen molar-refractivity contribution in [3.63, 3.8) is 0 Å². The van der Waals surface area contributed by atoms with Crippen LogP contribution in [0, 0.1) is 0 Å². The molecular weight excluding hydrogens is 502 g/mol. The lowest BCUT2D eigenvalue weighted by Gasteiger charge is -2.33. The normalized spacial score (nSPS) is 13.6. The fourth-order valence-corrected chi connectivity index (χ4v) is 6.28. The van der Waals surface area contributed by atoms with Crippen molar-refractivity contribution in [2.24, 2.45) is 0 Å².